The highest BCUT2D eigenvalue weighted by Gasteiger charge is 2.47. The predicted octanol–water partition coefficient (Wildman–Crippen LogP) is 5.16. The van der Waals surface area contributed by atoms with Crippen molar-refractivity contribution < 1.29 is 24.5 Å². The minimum atomic E-state index is -1.01. The van der Waals surface area contributed by atoms with Crippen molar-refractivity contribution in [2.24, 2.45) is 0 Å². The van der Waals surface area contributed by atoms with Gasteiger partial charge in [-0.05, 0) is 42.0 Å². The Morgan fingerprint density at radius 3 is 2.59 bits per heavy atom. The number of amides is 1. The first-order valence-electron chi connectivity index (χ1n) is 10.4. The Balaban J connectivity index is 1.77. The van der Waals surface area contributed by atoms with Crippen molar-refractivity contribution in [3.05, 3.63) is 94.6 Å². The van der Waals surface area contributed by atoms with E-state index in [-0.39, 0.29) is 22.8 Å². The summed E-state index contributed by atoms with van der Waals surface area (Å²) < 4.78 is 5.13. The quantitative estimate of drug-likeness (QED) is 0.215. The number of anilines is 1. The Morgan fingerprint density at radius 2 is 1.85 bits per heavy atom. The lowest BCUT2D eigenvalue weighted by Crippen LogP contribution is -2.29. The average molecular weight is 475 g/mol. The fourth-order valence-electron chi connectivity index (χ4n) is 4.33. The fourth-order valence-corrected chi connectivity index (χ4v) is 4.51. The lowest BCUT2D eigenvalue weighted by Gasteiger charge is -2.26. The fraction of sp³-hybridized carbons (Fsp3) is 0.0769. The van der Waals surface area contributed by atoms with Gasteiger partial charge in [0.15, 0.2) is 11.5 Å². The summed E-state index contributed by atoms with van der Waals surface area (Å²) in [6.07, 6.45) is 1.59. The van der Waals surface area contributed by atoms with E-state index in [0.29, 0.717) is 27.2 Å². The molecule has 4 aromatic rings. The number of carbonyl (C=O) groups is 2. The molecule has 3 N–H and O–H groups in total. The summed E-state index contributed by atoms with van der Waals surface area (Å²) in [7, 11) is 1.42. The normalized spacial score (nSPS) is 17.5. The van der Waals surface area contributed by atoms with Crippen LogP contribution in [0.4, 0.5) is 5.69 Å². The van der Waals surface area contributed by atoms with Crippen molar-refractivity contribution in [3.63, 3.8) is 0 Å². The molecule has 1 aliphatic rings. The molecule has 1 aromatic heterocycles. The third kappa shape index (κ3) is 3.38. The second kappa shape index (κ2) is 8.28. The Hall–Kier alpha value is -4.23. The lowest BCUT2D eigenvalue weighted by molar-refractivity contribution is -0.132. The van der Waals surface area contributed by atoms with Gasteiger partial charge in [0.05, 0.1) is 18.7 Å². The minimum Gasteiger partial charge on any atom is -0.507 e. The first-order chi connectivity index (χ1) is 16.4. The van der Waals surface area contributed by atoms with Gasteiger partial charge in [0.2, 0.25) is 0 Å². The number of carbonyl (C=O) groups excluding carboxylic acids is 2. The number of methoxy groups -OCH3 is 1. The molecule has 0 spiro atoms. The number of phenolic OH excluding ortho intramolecular Hbond substituents is 1. The summed E-state index contributed by atoms with van der Waals surface area (Å²) in [4.78, 5) is 30.9. The van der Waals surface area contributed by atoms with Crippen LogP contribution in [0.15, 0.2) is 78.5 Å². The largest absolute Gasteiger partial charge is 0.507 e. The maximum absolute atomic E-state index is 13.3. The van der Waals surface area contributed by atoms with E-state index in [9.17, 15) is 19.8 Å². The van der Waals surface area contributed by atoms with E-state index in [1.54, 1.807) is 36.5 Å². The minimum absolute atomic E-state index is 0.0979. The summed E-state index contributed by atoms with van der Waals surface area (Å²) in [5.74, 6) is -1.91. The molecule has 170 valence electrons. The van der Waals surface area contributed by atoms with Gasteiger partial charge in [0, 0.05) is 33.4 Å². The number of benzene rings is 3. The number of aliphatic hydroxyl groups is 1. The van der Waals surface area contributed by atoms with E-state index in [1.165, 1.54) is 24.1 Å². The number of aromatic hydroxyl groups is 1. The highest BCUT2D eigenvalue weighted by atomic mass is 35.5. The molecule has 1 aliphatic heterocycles. The summed E-state index contributed by atoms with van der Waals surface area (Å²) >= 11 is 6.17. The number of H-pyrrole nitrogens is 1. The number of fused-ring (bicyclic) bond motifs is 1. The second-order valence-electron chi connectivity index (χ2n) is 7.83. The number of aromatic nitrogens is 1. The second-order valence-corrected chi connectivity index (χ2v) is 8.26. The number of Topliss-reactive ketones (excluding diaryl/α,β-unsaturated/α-hetero) is 1. The summed E-state index contributed by atoms with van der Waals surface area (Å²) in [5, 5.41) is 22.9. The maximum Gasteiger partial charge on any atom is 0.300 e. The van der Waals surface area contributed by atoms with Crippen molar-refractivity contribution in [1.82, 2.24) is 4.98 Å². The molecule has 0 radical (unpaired) electrons. The van der Waals surface area contributed by atoms with E-state index < -0.39 is 17.7 Å². The van der Waals surface area contributed by atoms with E-state index >= 15 is 0 Å². The van der Waals surface area contributed by atoms with Gasteiger partial charge >= 0.3 is 0 Å². The maximum atomic E-state index is 13.3. The Labute approximate surface area is 199 Å². The van der Waals surface area contributed by atoms with E-state index in [4.69, 9.17) is 16.3 Å². The number of phenols is 1. The van der Waals surface area contributed by atoms with Crippen LogP contribution in [0, 0.1) is 0 Å². The highest BCUT2D eigenvalue weighted by molar-refractivity contribution is 6.52. The van der Waals surface area contributed by atoms with Crippen molar-refractivity contribution >= 4 is 45.6 Å². The molecule has 0 bridgehead atoms. The van der Waals surface area contributed by atoms with E-state index in [1.807, 2.05) is 24.3 Å². The van der Waals surface area contributed by atoms with Gasteiger partial charge in [0.25, 0.3) is 11.7 Å². The number of hydrogen-bond acceptors (Lipinski definition) is 5. The first-order valence-corrected chi connectivity index (χ1v) is 10.8. The number of ether oxygens (including phenoxy) is 1. The van der Waals surface area contributed by atoms with Crippen LogP contribution in [-0.4, -0.2) is 34.0 Å². The summed E-state index contributed by atoms with van der Waals surface area (Å²) in [6.45, 7) is 0. The van der Waals surface area contributed by atoms with E-state index in [2.05, 4.69) is 4.98 Å². The number of nitrogens with one attached hydrogen (secondary N) is 1. The van der Waals surface area contributed by atoms with Gasteiger partial charge in [-0.3, -0.25) is 14.5 Å². The standard InChI is InChI=1S/C26H19ClN2O5/c1-34-21-10-9-14(11-20(21)30)23-22(24(31)18-13-28-19-8-3-2-7-17(18)19)25(32)26(33)29(23)16-6-4-5-15(27)12-16/h2-13,23,28,30-31H,1H3/b24-22-. The number of hydrogen-bond donors (Lipinski definition) is 3. The summed E-state index contributed by atoms with van der Waals surface area (Å²) in [5.41, 5.74) is 1.86. The first kappa shape index (κ1) is 21.6. The van der Waals surface area contributed by atoms with Crippen LogP contribution in [-0.2, 0) is 9.59 Å². The molecule has 7 nitrogen and oxygen atoms in total. The Morgan fingerprint density at radius 1 is 1.06 bits per heavy atom. The van der Waals surface area contributed by atoms with Crippen LogP contribution >= 0.6 is 11.6 Å². The molecule has 34 heavy (non-hydrogen) atoms. The molecule has 0 saturated carbocycles. The molecule has 2 heterocycles. The third-order valence-corrected chi connectivity index (χ3v) is 6.13. The molecule has 1 atom stereocenters. The third-order valence-electron chi connectivity index (χ3n) is 5.89. The molecule has 1 amide bonds. The average Bonchev–Trinajstić information content (AvgIpc) is 3.38. The van der Waals surface area contributed by atoms with Crippen molar-refractivity contribution in [3.8, 4) is 11.5 Å². The number of aliphatic hydroxyl groups excluding tert-OH is 1. The molecule has 1 unspecified atom stereocenters. The smallest absolute Gasteiger partial charge is 0.300 e. The predicted molar refractivity (Wildman–Crippen MR) is 129 cm³/mol. The van der Waals surface area contributed by atoms with Crippen LogP contribution in [0.2, 0.25) is 5.02 Å². The van der Waals surface area contributed by atoms with Gasteiger partial charge in [-0.1, -0.05) is 41.9 Å². The summed E-state index contributed by atoms with van der Waals surface area (Å²) in [6, 6.07) is 17.4. The molecule has 0 aliphatic carbocycles. The zero-order chi connectivity index (χ0) is 24.0. The topological polar surface area (TPSA) is 103 Å². The number of para-hydroxylation sites is 1. The molecular weight excluding hydrogens is 456 g/mol. The van der Waals surface area contributed by atoms with Crippen LogP contribution in [0.3, 0.4) is 0 Å². The van der Waals surface area contributed by atoms with Gasteiger partial charge < -0.3 is 19.9 Å². The highest BCUT2D eigenvalue weighted by Crippen LogP contribution is 2.44. The number of nitrogens with zero attached hydrogens (tertiary/aromatic N) is 1. The van der Waals surface area contributed by atoms with E-state index in [0.717, 1.165) is 5.52 Å². The van der Waals surface area contributed by atoms with Crippen molar-refractivity contribution in [1.29, 1.82) is 0 Å². The van der Waals surface area contributed by atoms with Crippen molar-refractivity contribution in [2.45, 2.75) is 6.04 Å². The molecule has 8 heteroatoms. The lowest BCUT2D eigenvalue weighted by atomic mass is 9.94. The van der Waals surface area contributed by atoms with Gasteiger partial charge in [-0.25, -0.2) is 0 Å². The molecule has 1 saturated heterocycles. The molecular formula is C26H19ClN2O5. The van der Waals surface area contributed by atoms with Crippen LogP contribution < -0.4 is 9.64 Å². The van der Waals surface area contributed by atoms with Gasteiger partial charge in [-0.15, -0.1) is 0 Å². The van der Waals surface area contributed by atoms with Gasteiger partial charge in [-0.2, -0.15) is 0 Å². The molecule has 1 fully saturated rings. The SMILES string of the molecule is COc1ccc(C2/C(=C(/O)c3c[nH]c4ccccc34)C(=O)C(=O)N2c2cccc(Cl)c2)cc1O. The van der Waals surface area contributed by atoms with Crippen LogP contribution in [0.25, 0.3) is 16.7 Å². The molecule has 3 aromatic carbocycles. The Kier molecular flexibility index (Phi) is 5.26. The van der Waals surface area contributed by atoms with Crippen LogP contribution in [0.5, 0.6) is 11.5 Å². The van der Waals surface area contributed by atoms with Crippen molar-refractivity contribution in [2.75, 3.05) is 12.0 Å². The monoisotopic (exact) mass is 474 g/mol. The number of ketones is 1. The van der Waals surface area contributed by atoms with Gasteiger partial charge in [0.1, 0.15) is 5.76 Å². The number of aromatic amines is 1. The zero-order valence-electron chi connectivity index (χ0n) is 17.9. The zero-order valence-corrected chi connectivity index (χ0v) is 18.7. The number of rotatable bonds is 4. The molecule has 5 rings (SSSR count). The van der Waals surface area contributed by atoms with Crippen LogP contribution in [0.1, 0.15) is 17.2 Å². The Bertz CT molecular complexity index is 1490. The number of halogens is 1.